The molecule has 0 unspecified atom stereocenters. The van der Waals surface area contributed by atoms with E-state index in [1.807, 2.05) is 38.1 Å². The number of aromatic nitrogens is 1. The molecule has 5 nitrogen and oxygen atoms in total. The first-order valence-corrected chi connectivity index (χ1v) is 8.29. The van der Waals surface area contributed by atoms with Crippen molar-refractivity contribution >= 4 is 27.5 Å². The number of rotatable bonds is 6. The molecule has 0 aliphatic heterocycles. The summed E-state index contributed by atoms with van der Waals surface area (Å²) in [5, 5.41) is 20.8. The lowest BCUT2D eigenvalue weighted by Gasteiger charge is -2.29. The predicted octanol–water partition coefficient (Wildman–Crippen LogP) is 2.34. The fourth-order valence-electron chi connectivity index (χ4n) is 2.51. The summed E-state index contributed by atoms with van der Waals surface area (Å²) in [5.74, 6) is -0.472. The molecule has 22 heavy (non-hydrogen) atoms. The van der Waals surface area contributed by atoms with Crippen LogP contribution in [0.5, 0.6) is 0 Å². The van der Waals surface area contributed by atoms with Crippen LogP contribution >= 0.6 is 11.3 Å². The molecule has 0 aliphatic carbocycles. The topological polar surface area (TPSA) is 73.7 Å². The van der Waals surface area contributed by atoms with Crippen molar-refractivity contribution < 1.29 is 15.0 Å². The molecule has 0 fully saturated rings. The molecule has 0 saturated carbocycles. The van der Waals surface area contributed by atoms with Crippen LogP contribution in [0.15, 0.2) is 24.3 Å². The number of hydrogen-bond donors (Lipinski definition) is 2. The highest BCUT2D eigenvalue weighted by Gasteiger charge is 2.32. The molecule has 6 heteroatoms. The van der Waals surface area contributed by atoms with Crippen LogP contribution in [-0.2, 0) is 4.79 Å². The summed E-state index contributed by atoms with van der Waals surface area (Å²) in [5.41, 5.74) is 0.759. The minimum Gasteiger partial charge on any atom is -0.383 e. The van der Waals surface area contributed by atoms with E-state index in [0.29, 0.717) is 5.01 Å². The van der Waals surface area contributed by atoms with Crippen molar-refractivity contribution in [2.24, 2.45) is 0 Å². The average molecular weight is 322 g/mol. The van der Waals surface area contributed by atoms with Gasteiger partial charge in [-0.15, -0.1) is 11.3 Å². The van der Waals surface area contributed by atoms with Crippen LogP contribution in [0.3, 0.4) is 0 Å². The smallest absolute Gasteiger partial charge is 0.254 e. The van der Waals surface area contributed by atoms with Crippen molar-refractivity contribution in [3.8, 4) is 0 Å². The minimum absolute atomic E-state index is 0.0599. The van der Waals surface area contributed by atoms with Gasteiger partial charge < -0.3 is 15.1 Å². The lowest BCUT2D eigenvalue weighted by atomic mass is 10.1. The number of hydrogen-bond acceptors (Lipinski definition) is 5. The van der Waals surface area contributed by atoms with Gasteiger partial charge in [-0.3, -0.25) is 4.79 Å². The van der Waals surface area contributed by atoms with E-state index in [0.717, 1.165) is 23.1 Å². The summed E-state index contributed by atoms with van der Waals surface area (Å²) in [6, 6.07) is 7.55. The molecule has 2 aromatic rings. The van der Waals surface area contributed by atoms with Crippen molar-refractivity contribution in [3.05, 3.63) is 29.3 Å². The van der Waals surface area contributed by atoms with Crippen LogP contribution in [0.4, 0.5) is 0 Å². The Balaban J connectivity index is 2.17. The fourth-order valence-corrected chi connectivity index (χ4v) is 3.50. The van der Waals surface area contributed by atoms with Crippen LogP contribution in [0, 0.1) is 0 Å². The van der Waals surface area contributed by atoms with E-state index in [1.165, 1.54) is 16.2 Å². The average Bonchev–Trinajstić information content (AvgIpc) is 2.97. The largest absolute Gasteiger partial charge is 0.383 e. The third-order valence-electron chi connectivity index (χ3n) is 3.95. The summed E-state index contributed by atoms with van der Waals surface area (Å²) >= 11 is 1.29. The van der Waals surface area contributed by atoms with Crippen molar-refractivity contribution in [1.82, 2.24) is 9.88 Å². The number of nitrogens with zero attached hydrogens (tertiary/aromatic N) is 2. The van der Waals surface area contributed by atoms with Crippen LogP contribution in [0.25, 0.3) is 10.2 Å². The Morgan fingerprint density at radius 3 is 2.50 bits per heavy atom. The van der Waals surface area contributed by atoms with E-state index in [4.69, 9.17) is 0 Å². The van der Waals surface area contributed by atoms with Crippen molar-refractivity contribution in [1.29, 1.82) is 0 Å². The number of likely N-dealkylation sites (N-methyl/N-ethyl adjacent to an activating group) is 1. The van der Waals surface area contributed by atoms with Gasteiger partial charge in [-0.05, 0) is 25.0 Å². The molecule has 0 bridgehead atoms. The highest BCUT2D eigenvalue weighted by Crippen LogP contribution is 2.28. The third-order valence-corrected chi connectivity index (χ3v) is 5.06. The summed E-state index contributed by atoms with van der Waals surface area (Å²) in [6.07, 6.45) is -1.18. The number of carbonyl (C=O) groups is 1. The second-order valence-corrected chi connectivity index (χ2v) is 6.39. The lowest BCUT2D eigenvalue weighted by Crippen LogP contribution is -2.44. The van der Waals surface area contributed by atoms with E-state index in [2.05, 4.69) is 4.98 Å². The number of aliphatic hydroxyl groups is 2. The standard InChI is InChI=1S/C16H22N2O3S/c1-4-10(5-2)18(3)16(21)14(20)13(19)15-17-11-8-6-7-9-12(11)22-15/h6-10,13-14,19-20H,4-5H2,1-3H3/t13-,14-/m1/s1. The normalized spacial score (nSPS) is 14.3. The molecule has 2 N–H and O–H groups in total. The van der Waals surface area contributed by atoms with Crippen molar-refractivity contribution in [2.45, 2.75) is 44.9 Å². The lowest BCUT2D eigenvalue weighted by molar-refractivity contribution is -0.147. The van der Waals surface area contributed by atoms with E-state index < -0.39 is 18.1 Å². The zero-order valence-electron chi connectivity index (χ0n) is 13.1. The molecule has 1 aromatic carbocycles. The predicted molar refractivity (Wildman–Crippen MR) is 87.7 cm³/mol. The molecule has 0 radical (unpaired) electrons. The molecule has 1 heterocycles. The monoisotopic (exact) mass is 322 g/mol. The minimum atomic E-state index is -1.49. The molecule has 1 aromatic heterocycles. The third kappa shape index (κ3) is 3.29. The zero-order valence-corrected chi connectivity index (χ0v) is 13.9. The molecule has 2 atom stereocenters. The zero-order chi connectivity index (χ0) is 16.3. The Hall–Kier alpha value is -1.50. The SMILES string of the molecule is CCC(CC)N(C)C(=O)[C@H](O)[C@@H](O)c1nc2ccccc2s1. The first-order valence-electron chi connectivity index (χ1n) is 7.47. The summed E-state index contributed by atoms with van der Waals surface area (Å²) in [7, 11) is 1.66. The van der Waals surface area contributed by atoms with E-state index >= 15 is 0 Å². The van der Waals surface area contributed by atoms with Gasteiger partial charge >= 0.3 is 0 Å². The van der Waals surface area contributed by atoms with Crippen LogP contribution in [0.2, 0.25) is 0 Å². The van der Waals surface area contributed by atoms with Gasteiger partial charge in [0.25, 0.3) is 5.91 Å². The van der Waals surface area contributed by atoms with Crippen LogP contribution in [0.1, 0.15) is 37.8 Å². The number of fused-ring (bicyclic) bond motifs is 1. The number of thiazole rings is 1. The number of carbonyl (C=O) groups excluding carboxylic acids is 1. The van der Waals surface area contributed by atoms with Gasteiger partial charge in [0.2, 0.25) is 0 Å². The van der Waals surface area contributed by atoms with Crippen molar-refractivity contribution in [2.75, 3.05) is 7.05 Å². The summed E-state index contributed by atoms with van der Waals surface area (Å²) in [4.78, 5) is 18.1. The van der Waals surface area contributed by atoms with Crippen LogP contribution in [-0.4, -0.2) is 45.2 Å². The van der Waals surface area contributed by atoms with Crippen molar-refractivity contribution in [3.63, 3.8) is 0 Å². The Labute approximate surface area is 134 Å². The molecule has 0 aliphatic rings. The molecule has 120 valence electrons. The molecular weight excluding hydrogens is 300 g/mol. The summed E-state index contributed by atoms with van der Waals surface area (Å²) < 4.78 is 0.921. The van der Waals surface area contributed by atoms with Gasteiger partial charge in [0.05, 0.1) is 10.2 Å². The highest BCUT2D eigenvalue weighted by atomic mass is 32.1. The quantitative estimate of drug-likeness (QED) is 0.856. The maximum Gasteiger partial charge on any atom is 0.254 e. The Morgan fingerprint density at radius 2 is 1.91 bits per heavy atom. The summed E-state index contributed by atoms with van der Waals surface area (Å²) in [6.45, 7) is 3.99. The van der Waals surface area contributed by atoms with E-state index in [9.17, 15) is 15.0 Å². The molecule has 1 amide bonds. The van der Waals surface area contributed by atoms with Gasteiger partial charge in [0.1, 0.15) is 11.1 Å². The Morgan fingerprint density at radius 1 is 1.27 bits per heavy atom. The van der Waals surface area contributed by atoms with Gasteiger partial charge in [-0.2, -0.15) is 0 Å². The Kier molecular flexibility index (Phi) is 5.50. The van der Waals surface area contributed by atoms with Gasteiger partial charge in [0.15, 0.2) is 6.10 Å². The number of aliphatic hydroxyl groups excluding tert-OH is 2. The molecule has 2 rings (SSSR count). The van der Waals surface area contributed by atoms with Gasteiger partial charge in [-0.25, -0.2) is 4.98 Å². The van der Waals surface area contributed by atoms with Gasteiger partial charge in [0, 0.05) is 13.1 Å². The maximum atomic E-state index is 12.3. The molecule has 0 saturated heterocycles. The Bertz CT molecular complexity index is 606. The first kappa shape index (κ1) is 16.9. The van der Waals surface area contributed by atoms with E-state index in [1.54, 1.807) is 7.05 Å². The maximum absolute atomic E-state index is 12.3. The first-order chi connectivity index (χ1) is 10.5. The number of para-hydroxylation sites is 1. The fraction of sp³-hybridized carbons (Fsp3) is 0.500. The molecule has 0 spiro atoms. The second kappa shape index (κ2) is 7.17. The van der Waals surface area contributed by atoms with Crippen LogP contribution < -0.4 is 0 Å². The number of benzene rings is 1. The highest BCUT2D eigenvalue weighted by molar-refractivity contribution is 7.18. The van der Waals surface area contributed by atoms with E-state index in [-0.39, 0.29) is 6.04 Å². The number of amides is 1. The van der Waals surface area contributed by atoms with Gasteiger partial charge in [-0.1, -0.05) is 26.0 Å². The molecular formula is C16H22N2O3S. The second-order valence-electron chi connectivity index (χ2n) is 5.33.